The van der Waals surface area contributed by atoms with Crippen molar-refractivity contribution in [3.63, 3.8) is 0 Å². The first-order valence-electron chi connectivity index (χ1n) is 3.10. The summed E-state index contributed by atoms with van der Waals surface area (Å²) in [5, 5.41) is 0. The molecule has 1 aromatic rings. The third kappa shape index (κ3) is 1.90. The molecule has 1 rings (SSSR count). The number of primary amides is 1. The number of nitrogens with two attached hydrogens (primary N) is 1. The van der Waals surface area contributed by atoms with Gasteiger partial charge in [-0.2, -0.15) is 0 Å². The van der Waals surface area contributed by atoms with E-state index in [1.54, 1.807) is 0 Å². The predicted molar refractivity (Wildman–Crippen MR) is 42.1 cm³/mol. The molecule has 0 aromatic heterocycles. The van der Waals surface area contributed by atoms with Gasteiger partial charge in [0.1, 0.15) is 0 Å². The predicted octanol–water partition coefficient (Wildman–Crippen LogP) is 0.0235. The molecule has 0 aliphatic heterocycles. The van der Waals surface area contributed by atoms with Crippen LogP contribution in [-0.2, 0) is 11.1 Å². The van der Waals surface area contributed by atoms with Crippen LogP contribution in [0.3, 0.4) is 0 Å². The van der Waals surface area contributed by atoms with E-state index in [0.29, 0.717) is 5.56 Å². The molecule has 0 bridgehead atoms. The summed E-state index contributed by atoms with van der Waals surface area (Å²) in [5.74, 6) is -0.571. The molecule has 0 radical (unpaired) electrons. The first-order valence-corrected chi connectivity index (χ1v) is 4.18. The maximum absolute atomic E-state index is 10.6. The van der Waals surface area contributed by atoms with E-state index >= 15 is 0 Å². The van der Waals surface area contributed by atoms with Crippen LogP contribution < -0.4 is 5.73 Å². The van der Waals surface area contributed by atoms with Crippen LogP contribution in [0.1, 0.15) is 10.4 Å². The van der Waals surface area contributed by atoms with E-state index in [4.69, 9.17) is 5.73 Å². The van der Waals surface area contributed by atoms with Gasteiger partial charge in [-0.15, -0.1) is 0 Å². The molecule has 1 unspecified atom stereocenters. The van der Waals surface area contributed by atoms with Gasteiger partial charge in [-0.25, -0.2) is 0 Å². The molecule has 0 saturated heterocycles. The van der Waals surface area contributed by atoms with Gasteiger partial charge in [0.05, 0.1) is 0 Å². The van der Waals surface area contributed by atoms with Crippen molar-refractivity contribution in [3.8, 4) is 0 Å². The van der Waals surface area contributed by atoms with E-state index in [2.05, 4.69) is 0 Å². The lowest BCUT2D eigenvalue weighted by Crippen LogP contribution is -2.10. The normalized spacial score (nSPS) is 12.4. The molecule has 12 heavy (non-hydrogen) atoms. The first kappa shape index (κ1) is 8.89. The largest absolute Gasteiger partial charge is 0.768 e. The molecule has 1 atom stereocenters. The van der Waals surface area contributed by atoms with Gasteiger partial charge in [0, 0.05) is 10.5 Å². The fraction of sp³-hybridized carbons (Fsp3) is 0. The van der Waals surface area contributed by atoms with E-state index < -0.39 is 17.0 Å². The third-order valence-electron chi connectivity index (χ3n) is 1.33. The number of benzene rings is 1. The molecule has 64 valence electrons. The molecular weight excluding hydrogens is 178 g/mol. The molecule has 4 nitrogen and oxygen atoms in total. The molecule has 0 saturated carbocycles. The lowest BCUT2D eigenvalue weighted by Gasteiger charge is -2.04. The zero-order valence-corrected chi connectivity index (χ0v) is 6.84. The molecule has 0 aliphatic carbocycles. The van der Waals surface area contributed by atoms with Crippen molar-refractivity contribution in [2.24, 2.45) is 5.73 Å². The number of hydrogen-bond donors (Lipinski definition) is 1. The van der Waals surface area contributed by atoms with E-state index in [-0.39, 0.29) is 4.90 Å². The van der Waals surface area contributed by atoms with Crippen LogP contribution in [0.5, 0.6) is 0 Å². The van der Waals surface area contributed by atoms with Gasteiger partial charge in [-0.3, -0.25) is 9.00 Å². The van der Waals surface area contributed by atoms with Crippen LogP contribution in [-0.4, -0.2) is 14.7 Å². The topological polar surface area (TPSA) is 83.2 Å². The highest BCUT2D eigenvalue weighted by Crippen LogP contribution is 2.06. The van der Waals surface area contributed by atoms with Crippen molar-refractivity contribution >= 4 is 17.0 Å². The Kier molecular flexibility index (Phi) is 2.57. The molecule has 1 amide bonds. The summed E-state index contributed by atoms with van der Waals surface area (Å²) < 4.78 is 20.7. The zero-order chi connectivity index (χ0) is 9.14. The highest BCUT2D eigenvalue weighted by atomic mass is 32.2. The van der Waals surface area contributed by atoms with Crippen LogP contribution in [0.4, 0.5) is 0 Å². The first-order chi connectivity index (χ1) is 5.61. The molecule has 0 fully saturated rings. The van der Waals surface area contributed by atoms with Gasteiger partial charge in [-0.1, -0.05) is 0 Å². The van der Waals surface area contributed by atoms with Crippen LogP contribution in [0.2, 0.25) is 0 Å². The van der Waals surface area contributed by atoms with Gasteiger partial charge < -0.3 is 10.3 Å². The quantitative estimate of drug-likeness (QED) is 0.658. The van der Waals surface area contributed by atoms with Crippen LogP contribution >= 0.6 is 0 Å². The average Bonchev–Trinajstić information content (AvgIpc) is 2.04. The summed E-state index contributed by atoms with van der Waals surface area (Å²) in [6, 6.07) is 5.38. The smallest absolute Gasteiger partial charge is 0.248 e. The Morgan fingerprint density at radius 1 is 1.33 bits per heavy atom. The van der Waals surface area contributed by atoms with Crippen molar-refractivity contribution in [3.05, 3.63) is 29.8 Å². The monoisotopic (exact) mass is 184 g/mol. The Morgan fingerprint density at radius 3 is 2.17 bits per heavy atom. The third-order valence-corrected chi connectivity index (χ3v) is 1.99. The summed E-state index contributed by atoms with van der Waals surface area (Å²) in [5.41, 5.74) is 5.24. The lowest BCUT2D eigenvalue weighted by atomic mass is 10.2. The molecule has 0 spiro atoms. The fourth-order valence-electron chi connectivity index (χ4n) is 0.730. The Morgan fingerprint density at radius 2 is 1.83 bits per heavy atom. The summed E-state index contributed by atoms with van der Waals surface area (Å²) in [6.07, 6.45) is 0. The van der Waals surface area contributed by atoms with Crippen molar-refractivity contribution in [2.45, 2.75) is 4.90 Å². The standard InChI is InChI=1S/C7H7NO3S/c8-7(9)5-1-3-6(4-2-5)12(10)11/h1-4H,(H2,8,9)(H,10,11)/p-1. The molecular formula is C7H6NO3S-. The molecule has 0 aliphatic rings. The van der Waals surface area contributed by atoms with Crippen molar-refractivity contribution in [1.29, 1.82) is 0 Å². The SMILES string of the molecule is NC(=O)c1ccc(S(=O)[O-])cc1. The second kappa shape index (κ2) is 3.46. The number of amides is 1. The van der Waals surface area contributed by atoms with Gasteiger partial charge in [-0.05, 0) is 35.3 Å². The van der Waals surface area contributed by atoms with Gasteiger partial charge >= 0.3 is 0 Å². The minimum Gasteiger partial charge on any atom is -0.768 e. The van der Waals surface area contributed by atoms with Crippen LogP contribution in [0.15, 0.2) is 29.2 Å². The second-order valence-corrected chi connectivity index (χ2v) is 3.06. The van der Waals surface area contributed by atoms with Gasteiger partial charge in [0.2, 0.25) is 5.91 Å². The molecule has 0 heterocycles. The second-order valence-electron chi connectivity index (χ2n) is 2.12. The summed E-state index contributed by atoms with van der Waals surface area (Å²) in [6.45, 7) is 0. The zero-order valence-electron chi connectivity index (χ0n) is 6.02. The van der Waals surface area contributed by atoms with Gasteiger partial charge in [0.25, 0.3) is 0 Å². The van der Waals surface area contributed by atoms with E-state index in [1.807, 2.05) is 0 Å². The van der Waals surface area contributed by atoms with E-state index in [9.17, 15) is 13.6 Å². The molecule has 1 aromatic carbocycles. The number of hydrogen-bond acceptors (Lipinski definition) is 3. The minimum absolute atomic E-state index is 0.139. The van der Waals surface area contributed by atoms with Gasteiger partial charge in [0.15, 0.2) is 0 Å². The average molecular weight is 184 g/mol. The Hall–Kier alpha value is -1.20. The fourth-order valence-corrected chi connectivity index (χ4v) is 1.09. The van der Waals surface area contributed by atoms with Crippen LogP contribution in [0, 0.1) is 0 Å². The van der Waals surface area contributed by atoms with Crippen molar-refractivity contribution < 1.29 is 13.6 Å². The Labute approximate surface area is 71.7 Å². The maximum Gasteiger partial charge on any atom is 0.248 e. The highest BCUT2D eigenvalue weighted by molar-refractivity contribution is 7.79. The van der Waals surface area contributed by atoms with Crippen LogP contribution in [0.25, 0.3) is 0 Å². The highest BCUT2D eigenvalue weighted by Gasteiger charge is 1.98. The van der Waals surface area contributed by atoms with Crippen molar-refractivity contribution in [2.75, 3.05) is 0 Å². The Balaban J connectivity index is 3.01. The Bertz CT molecular complexity index is 287. The van der Waals surface area contributed by atoms with E-state index in [1.165, 1.54) is 24.3 Å². The van der Waals surface area contributed by atoms with Crippen molar-refractivity contribution in [1.82, 2.24) is 0 Å². The minimum atomic E-state index is -2.25. The molecule has 2 N–H and O–H groups in total. The maximum atomic E-state index is 10.6. The number of carbonyl (C=O) groups is 1. The summed E-state index contributed by atoms with van der Waals surface area (Å²) in [4.78, 5) is 10.7. The molecule has 5 heteroatoms. The lowest BCUT2D eigenvalue weighted by molar-refractivity contribution is 0.1000. The number of carbonyl (C=O) groups excluding carboxylic acids is 1. The number of rotatable bonds is 2. The summed E-state index contributed by atoms with van der Waals surface area (Å²) >= 11 is -2.25. The summed E-state index contributed by atoms with van der Waals surface area (Å²) in [7, 11) is 0. The van der Waals surface area contributed by atoms with E-state index in [0.717, 1.165) is 0 Å².